The minimum Gasteiger partial charge on any atom is -0.390 e. The van der Waals surface area contributed by atoms with Crippen LogP contribution in [0.25, 0.3) is 10.9 Å². The topological polar surface area (TPSA) is 65.1 Å². The van der Waals surface area contributed by atoms with Gasteiger partial charge in [-0.15, -0.1) is 0 Å². The molecule has 0 spiro atoms. The van der Waals surface area contributed by atoms with Gasteiger partial charge in [-0.25, -0.2) is 0 Å². The van der Waals surface area contributed by atoms with Crippen LogP contribution in [-0.2, 0) is 6.54 Å². The number of nitrogens with one attached hydrogen (secondary N) is 2. The zero-order valence-electron chi connectivity index (χ0n) is 14.0. The third-order valence-corrected chi connectivity index (χ3v) is 5.11. The number of pyridine rings is 1. The fraction of sp³-hybridized carbons (Fsp3) is 0.526. The summed E-state index contributed by atoms with van der Waals surface area (Å²) in [4.78, 5) is 15.6. The van der Waals surface area contributed by atoms with E-state index in [0.29, 0.717) is 6.54 Å². The van der Waals surface area contributed by atoms with Crippen molar-refractivity contribution in [2.24, 2.45) is 5.92 Å². The molecule has 1 aromatic heterocycles. The monoisotopic (exact) mass is 314 g/mol. The van der Waals surface area contributed by atoms with Crippen LogP contribution in [0.4, 0.5) is 0 Å². The smallest absolute Gasteiger partial charge is 0.189 e. The summed E-state index contributed by atoms with van der Waals surface area (Å²) in [5.41, 5.74) is 2.35. The van der Waals surface area contributed by atoms with Gasteiger partial charge in [0.15, 0.2) is 5.43 Å². The van der Waals surface area contributed by atoms with E-state index < -0.39 is 5.60 Å². The van der Waals surface area contributed by atoms with Gasteiger partial charge in [0.2, 0.25) is 0 Å². The molecule has 4 heteroatoms. The number of hydrogen-bond acceptors (Lipinski definition) is 3. The van der Waals surface area contributed by atoms with Gasteiger partial charge in [-0.1, -0.05) is 24.5 Å². The minimum absolute atomic E-state index is 0.0592. The highest BCUT2D eigenvalue weighted by atomic mass is 16.3. The lowest BCUT2D eigenvalue weighted by Crippen LogP contribution is -2.43. The quantitative estimate of drug-likeness (QED) is 0.813. The van der Waals surface area contributed by atoms with Gasteiger partial charge in [-0.05, 0) is 44.7 Å². The first-order valence-electron chi connectivity index (χ1n) is 8.51. The maximum Gasteiger partial charge on any atom is 0.189 e. The van der Waals surface area contributed by atoms with E-state index in [4.69, 9.17) is 0 Å². The van der Waals surface area contributed by atoms with Gasteiger partial charge in [0.25, 0.3) is 0 Å². The molecule has 1 aliphatic carbocycles. The first-order chi connectivity index (χ1) is 11.0. The number of H-pyrrole nitrogens is 1. The summed E-state index contributed by atoms with van der Waals surface area (Å²) >= 11 is 0. The molecule has 1 heterocycles. The number of hydrogen-bond donors (Lipinski definition) is 3. The molecule has 0 bridgehead atoms. The normalized spacial score (nSPS) is 24.9. The van der Waals surface area contributed by atoms with Gasteiger partial charge < -0.3 is 15.4 Å². The van der Waals surface area contributed by atoms with Crippen molar-refractivity contribution in [1.82, 2.24) is 10.3 Å². The Morgan fingerprint density at radius 3 is 2.96 bits per heavy atom. The molecular weight excluding hydrogens is 288 g/mol. The number of aryl methyl sites for hydroxylation is 1. The van der Waals surface area contributed by atoms with Crippen LogP contribution in [0.3, 0.4) is 0 Å². The molecule has 3 N–H and O–H groups in total. The van der Waals surface area contributed by atoms with Gasteiger partial charge >= 0.3 is 0 Å². The molecule has 2 atom stereocenters. The predicted molar refractivity (Wildman–Crippen MR) is 93.6 cm³/mol. The molecule has 0 amide bonds. The summed E-state index contributed by atoms with van der Waals surface area (Å²) in [7, 11) is 0. The van der Waals surface area contributed by atoms with E-state index in [1.807, 2.05) is 32.0 Å². The maximum atomic E-state index is 12.2. The summed E-state index contributed by atoms with van der Waals surface area (Å²) in [6.07, 6.45) is 4.24. The summed E-state index contributed by atoms with van der Waals surface area (Å²) in [5, 5.41) is 14.6. The lowest BCUT2D eigenvalue weighted by atomic mass is 9.76. The SMILES string of the molecule is Cc1ccc2[nH]c(CNC[C@@H]3CCCC[C@]3(C)O)cc(=O)c2c1. The van der Waals surface area contributed by atoms with Crippen molar-refractivity contribution in [3.05, 3.63) is 45.7 Å². The molecule has 0 radical (unpaired) electrons. The molecule has 1 aromatic carbocycles. The molecule has 0 aliphatic heterocycles. The molecule has 1 aliphatic rings. The Balaban J connectivity index is 1.68. The molecule has 124 valence electrons. The standard InChI is InChI=1S/C19H26N2O2/c1-13-6-7-17-16(9-13)18(22)10-15(21-17)12-20-11-14-5-3-4-8-19(14,2)23/h6-7,9-10,14,20,23H,3-5,8,11-12H2,1-2H3,(H,21,22)/t14-,19-/m0/s1. The molecule has 0 saturated heterocycles. The second-order valence-corrected chi connectivity index (χ2v) is 7.14. The van der Waals surface area contributed by atoms with Crippen LogP contribution in [0, 0.1) is 12.8 Å². The number of benzene rings is 1. The average molecular weight is 314 g/mol. The lowest BCUT2D eigenvalue weighted by Gasteiger charge is -2.37. The number of aromatic nitrogens is 1. The van der Waals surface area contributed by atoms with Crippen molar-refractivity contribution in [2.75, 3.05) is 6.54 Å². The second-order valence-electron chi connectivity index (χ2n) is 7.14. The van der Waals surface area contributed by atoms with Crippen LogP contribution in [0.2, 0.25) is 0 Å². The van der Waals surface area contributed by atoms with Gasteiger partial charge in [-0.3, -0.25) is 4.79 Å². The van der Waals surface area contributed by atoms with Crippen molar-refractivity contribution in [1.29, 1.82) is 0 Å². The van der Waals surface area contributed by atoms with Crippen LogP contribution < -0.4 is 10.7 Å². The van der Waals surface area contributed by atoms with E-state index in [2.05, 4.69) is 10.3 Å². The fourth-order valence-electron chi connectivity index (χ4n) is 3.60. The van der Waals surface area contributed by atoms with Crippen molar-refractivity contribution >= 4 is 10.9 Å². The molecule has 23 heavy (non-hydrogen) atoms. The van der Waals surface area contributed by atoms with Crippen LogP contribution in [0.15, 0.2) is 29.1 Å². The van der Waals surface area contributed by atoms with Crippen LogP contribution >= 0.6 is 0 Å². The van der Waals surface area contributed by atoms with E-state index in [-0.39, 0.29) is 11.3 Å². The number of rotatable bonds is 4. The molecular formula is C19H26N2O2. The molecule has 0 unspecified atom stereocenters. The number of aliphatic hydroxyl groups is 1. The second kappa shape index (κ2) is 6.46. The van der Waals surface area contributed by atoms with Crippen LogP contribution in [0.1, 0.15) is 43.9 Å². The number of fused-ring (bicyclic) bond motifs is 1. The summed E-state index contributed by atoms with van der Waals surface area (Å²) in [6.45, 7) is 5.33. The largest absolute Gasteiger partial charge is 0.390 e. The van der Waals surface area contributed by atoms with E-state index in [1.54, 1.807) is 6.07 Å². The van der Waals surface area contributed by atoms with Gasteiger partial charge in [0.05, 0.1) is 5.60 Å². The first kappa shape index (κ1) is 16.2. The summed E-state index contributed by atoms with van der Waals surface area (Å²) in [5.74, 6) is 0.283. The van der Waals surface area contributed by atoms with Crippen molar-refractivity contribution in [3.8, 4) is 0 Å². The highest BCUT2D eigenvalue weighted by Gasteiger charge is 2.33. The van der Waals surface area contributed by atoms with Crippen molar-refractivity contribution < 1.29 is 5.11 Å². The molecule has 1 saturated carbocycles. The van der Waals surface area contributed by atoms with Gasteiger partial charge in [-0.2, -0.15) is 0 Å². The van der Waals surface area contributed by atoms with Gasteiger partial charge in [0, 0.05) is 35.8 Å². The summed E-state index contributed by atoms with van der Waals surface area (Å²) in [6, 6.07) is 7.56. The summed E-state index contributed by atoms with van der Waals surface area (Å²) < 4.78 is 0. The minimum atomic E-state index is -0.570. The Labute approximate surface area is 136 Å². The van der Waals surface area contributed by atoms with Crippen LogP contribution in [0.5, 0.6) is 0 Å². The van der Waals surface area contributed by atoms with Crippen LogP contribution in [-0.4, -0.2) is 22.2 Å². The zero-order valence-corrected chi connectivity index (χ0v) is 14.0. The highest BCUT2D eigenvalue weighted by molar-refractivity contribution is 5.79. The Bertz CT molecular complexity index is 749. The predicted octanol–water partition coefficient (Wildman–Crippen LogP) is 2.87. The Morgan fingerprint density at radius 2 is 2.17 bits per heavy atom. The van der Waals surface area contributed by atoms with Crippen molar-refractivity contribution in [3.63, 3.8) is 0 Å². The third-order valence-electron chi connectivity index (χ3n) is 5.11. The van der Waals surface area contributed by atoms with Gasteiger partial charge in [0.1, 0.15) is 0 Å². The Hall–Kier alpha value is -1.65. The molecule has 3 rings (SSSR count). The zero-order chi connectivity index (χ0) is 16.4. The lowest BCUT2D eigenvalue weighted by molar-refractivity contribution is -0.0310. The maximum absolute atomic E-state index is 12.2. The Kier molecular flexibility index (Phi) is 4.55. The van der Waals surface area contributed by atoms with Crippen molar-refractivity contribution in [2.45, 2.75) is 51.7 Å². The van der Waals surface area contributed by atoms with E-state index in [1.165, 1.54) is 6.42 Å². The van der Waals surface area contributed by atoms with E-state index in [9.17, 15) is 9.90 Å². The third kappa shape index (κ3) is 3.65. The average Bonchev–Trinajstić information content (AvgIpc) is 2.50. The first-order valence-corrected chi connectivity index (χ1v) is 8.51. The number of aromatic amines is 1. The highest BCUT2D eigenvalue weighted by Crippen LogP contribution is 2.32. The molecule has 4 nitrogen and oxygen atoms in total. The molecule has 2 aromatic rings. The van der Waals surface area contributed by atoms with E-state index >= 15 is 0 Å². The fourth-order valence-corrected chi connectivity index (χ4v) is 3.60. The van der Waals surface area contributed by atoms with E-state index in [0.717, 1.165) is 48.0 Å². The Morgan fingerprint density at radius 1 is 1.35 bits per heavy atom. The molecule has 1 fully saturated rings.